The molecule has 1 aromatic heterocycles. The molecule has 1 aliphatic rings. The predicted molar refractivity (Wildman–Crippen MR) is 120 cm³/mol. The van der Waals surface area contributed by atoms with Crippen LogP contribution in [0, 0.1) is 11.6 Å². The molecule has 1 aliphatic heterocycles. The second-order valence-electron chi connectivity index (χ2n) is 7.42. The lowest BCUT2D eigenvalue weighted by Crippen LogP contribution is -2.40. The maximum Gasteiger partial charge on any atom is 0.286 e. The van der Waals surface area contributed by atoms with Crippen LogP contribution in [0.15, 0.2) is 42.5 Å². The lowest BCUT2D eigenvalue weighted by molar-refractivity contribution is -0.134. The molecule has 4 rings (SSSR count). The summed E-state index contributed by atoms with van der Waals surface area (Å²) in [6.07, 6.45) is 1.35. The van der Waals surface area contributed by atoms with Crippen molar-refractivity contribution in [1.29, 1.82) is 0 Å². The Morgan fingerprint density at radius 3 is 2.55 bits per heavy atom. The number of ether oxygens (including phenoxy) is 1. The van der Waals surface area contributed by atoms with Crippen LogP contribution in [-0.4, -0.2) is 46.6 Å². The number of carbonyl (C=O) groups is 2. The normalized spacial score (nSPS) is 14.2. The zero-order valence-electron chi connectivity index (χ0n) is 17.3. The number of nitrogens with one attached hydrogen (secondary N) is 1. The van der Waals surface area contributed by atoms with Crippen LogP contribution in [0.4, 0.5) is 14.5 Å². The van der Waals surface area contributed by atoms with Crippen molar-refractivity contribution >= 4 is 40.4 Å². The number of nitrogens with zero attached hydrogens (tertiary/aromatic N) is 3. The number of hydrogen-bond acceptors (Lipinski definition) is 6. The highest BCUT2D eigenvalue weighted by atomic mass is 35.5. The molecule has 0 spiro atoms. The standard InChI is InChI=1S/C22H19ClF2N4O3S/c23-14-1-4-16(5-2-14)32-12-19(30)29-9-7-13(8-10-29)21-27-28-22(33-21)20(31)26-18-6-3-15(24)11-17(18)25/h1-6,11,13H,7-10,12H2,(H,26,31). The number of benzene rings is 2. The molecular formula is C22H19ClF2N4O3S. The summed E-state index contributed by atoms with van der Waals surface area (Å²) in [7, 11) is 0. The summed E-state index contributed by atoms with van der Waals surface area (Å²) in [5.41, 5.74) is -0.134. The molecular weight excluding hydrogens is 474 g/mol. The van der Waals surface area contributed by atoms with E-state index in [1.54, 1.807) is 29.2 Å². The van der Waals surface area contributed by atoms with E-state index in [1.807, 2.05) is 0 Å². The molecule has 172 valence electrons. The van der Waals surface area contributed by atoms with Crippen molar-refractivity contribution in [3.63, 3.8) is 0 Å². The highest BCUT2D eigenvalue weighted by Gasteiger charge is 2.27. The van der Waals surface area contributed by atoms with E-state index in [1.165, 1.54) is 0 Å². The minimum atomic E-state index is -0.870. The Balaban J connectivity index is 1.28. The lowest BCUT2D eigenvalue weighted by atomic mass is 9.98. The first-order valence-corrected chi connectivity index (χ1v) is 11.3. The van der Waals surface area contributed by atoms with Crippen molar-refractivity contribution in [2.45, 2.75) is 18.8 Å². The van der Waals surface area contributed by atoms with Gasteiger partial charge in [0.15, 0.2) is 6.61 Å². The molecule has 0 atom stereocenters. The van der Waals surface area contributed by atoms with Crippen molar-refractivity contribution < 1.29 is 23.1 Å². The zero-order valence-corrected chi connectivity index (χ0v) is 18.8. The third-order valence-electron chi connectivity index (χ3n) is 5.19. The summed E-state index contributed by atoms with van der Waals surface area (Å²) in [6, 6.07) is 9.69. The zero-order chi connectivity index (χ0) is 23.4. The molecule has 0 bridgehead atoms. The van der Waals surface area contributed by atoms with E-state index in [2.05, 4.69) is 15.5 Å². The van der Waals surface area contributed by atoms with Gasteiger partial charge in [0.2, 0.25) is 5.01 Å². The first-order chi connectivity index (χ1) is 15.9. The number of halogens is 3. The number of piperidine rings is 1. The molecule has 1 N–H and O–H groups in total. The smallest absolute Gasteiger partial charge is 0.286 e. The molecule has 3 aromatic rings. The largest absolute Gasteiger partial charge is 0.484 e. The Labute approximate surface area is 197 Å². The maximum absolute atomic E-state index is 13.8. The fourth-order valence-electron chi connectivity index (χ4n) is 3.40. The van der Waals surface area contributed by atoms with Crippen LogP contribution in [-0.2, 0) is 4.79 Å². The van der Waals surface area contributed by atoms with E-state index in [9.17, 15) is 18.4 Å². The Hall–Kier alpha value is -3.11. The molecule has 0 unspecified atom stereocenters. The number of rotatable bonds is 6. The molecule has 2 heterocycles. The summed E-state index contributed by atoms with van der Waals surface area (Å²) in [6.45, 7) is 1.01. The van der Waals surface area contributed by atoms with Gasteiger partial charge in [-0.2, -0.15) is 0 Å². The summed E-state index contributed by atoms with van der Waals surface area (Å²) in [5, 5.41) is 11.8. The van der Waals surface area contributed by atoms with Gasteiger partial charge in [-0.05, 0) is 49.2 Å². The predicted octanol–water partition coefficient (Wildman–Crippen LogP) is 4.51. The van der Waals surface area contributed by atoms with Crippen molar-refractivity contribution in [3.05, 3.63) is 69.1 Å². The summed E-state index contributed by atoms with van der Waals surface area (Å²) in [4.78, 5) is 26.5. The first kappa shape index (κ1) is 23.1. The highest BCUT2D eigenvalue weighted by molar-refractivity contribution is 7.13. The first-order valence-electron chi connectivity index (χ1n) is 10.1. The topological polar surface area (TPSA) is 84.4 Å². The van der Waals surface area contributed by atoms with E-state index >= 15 is 0 Å². The second kappa shape index (κ2) is 10.2. The van der Waals surface area contributed by atoms with Crippen molar-refractivity contribution in [2.24, 2.45) is 0 Å². The van der Waals surface area contributed by atoms with Crippen LogP contribution < -0.4 is 10.1 Å². The molecule has 0 aliphatic carbocycles. The Morgan fingerprint density at radius 1 is 1.12 bits per heavy atom. The van der Waals surface area contributed by atoms with Gasteiger partial charge in [-0.15, -0.1) is 10.2 Å². The lowest BCUT2D eigenvalue weighted by Gasteiger charge is -2.30. The fraction of sp³-hybridized carbons (Fsp3) is 0.273. The molecule has 1 saturated heterocycles. The second-order valence-corrected chi connectivity index (χ2v) is 8.87. The average Bonchev–Trinajstić information content (AvgIpc) is 3.31. The van der Waals surface area contributed by atoms with Crippen molar-refractivity contribution in [3.8, 4) is 5.75 Å². The third kappa shape index (κ3) is 5.82. The van der Waals surface area contributed by atoms with E-state index in [0.717, 1.165) is 23.5 Å². The number of anilines is 1. The Bertz CT molecular complexity index is 1150. The van der Waals surface area contributed by atoms with Crippen molar-refractivity contribution in [2.75, 3.05) is 25.0 Å². The van der Waals surface area contributed by atoms with Crippen LogP contribution in [0.3, 0.4) is 0 Å². The molecule has 2 aromatic carbocycles. The number of carbonyl (C=O) groups excluding carboxylic acids is 2. The van der Waals surface area contributed by atoms with Crippen LogP contribution in [0.5, 0.6) is 5.75 Å². The molecule has 2 amide bonds. The van der Waals surface area contributed by atoms with E-state index in [-0.39, 0.29) is 29.1 Å². The summed E-state index contributed by atoms with van der Waals surface area (Å²) < 4.78 is 32.3. The molecule has 33 heavy (non-hydrogen) atoms. The minimum absolute atomic E-state index is 0.0601. The average molecular weight is 493 g/mol. The van der Waals surface area contributed by atoms with Gasteiger partial charge in [-0.3, -0.25) is 9.59 Å². The molecule has 0 radical (unpaired) electrons. The summed E-state index contributed by atoms with van der Waals surface area (Å²) >= 11 is 6.96. The van der Waals surface area contributed by atoms with Gasteiger partial charge in [-0.1, -0.05) is 22.9 Å². The number of amides is 2. The fourth-order valence-corrected chi connectivity index (χ4v) is 4.43. The summed E-state index contributed by atoms with van der Waals surface area (Å²) in [5.74, 6) is -1.69. The highest BCUT2D eigenvalue weighted by Crippen LogP contribution is 2.30. The van der Waals surface area contributed by atoms with Crippen molar-refractivity contribution in [1.82, 2.24) is 15.1 Å². The van der Waals surface area contributed by atoms with Gasteiger partial charge < -0.3 is 15.0 Å². The van der Waals surface area contributed by atoms with Crippen LogP contribution >= 0.6 is 22.9 Å². The van der Waals surface area contributed by atoms with Crippen LogP contribution in [0.1, 0.15) is 33.6 Å². The van der Waals surface area contributed by atoms with Crippen LogP contribution in [0.2, 0.25) is 5.02 Å². The van der Waals surface area contributed by atoms with Gasteiger partial charge in [0, 0.05) is 30.1 Å². The third-order valence-corrected chi connectivity index (χ3v) is 6.52. The molecule has 7 nitrogen and oxygen atoms in total. The van der Waals surface area contributed by atoms with E-state index in [0.29, 0.717) is 47.8 Å². The minimum Gasteiger partial charge on any atom is -0.484 e. The van der Waals surface area contributed by atoms with Crippen LogP contribution in [0.25, 0.3) is 0 Å². The molecule has 11 heteroatoms. The van der Waals surface area contributed by atoms with Gasteiger partial charge in [0.25, 0.3) is 11.8 Å². The monoisotopic (exact) mass is 492 g/mol. The SMILES string of the molecule is O=C(Nc1ccc(F)cc1F)c1nnc(C2CCN(C(=O)COc3ccc(Cl)cc3)CC2)s1. The van der Waals surface area contributed by atoms with E-state index in [4.69, 9.17) is 16.3 Å². The van der Waals surface area contributed by atoms with Gasteiger partial charge >= 0.3 is 0 Å². The molecule has 0 saturated carbocycles. The quantitative estimate of drug-likeness (QED) is 0.547. The van der Waals surface area contributed by atoms with Gasteiger partial charge in [-0.25, -0.2) is 8.78 Å². The number of likely N-dealkylation sites (tertiary alicyclic amines) is 1. The van der Waals surface area contributed by atoms with Gasteiger partial charge in [0.05, 0.1) is 5.69 Å². The number of aromatic nitrogens is 2. The Morgan fingerprint density at radius 2 is 1.85 bits per heavy atom. The number of hydrogen-bond donors (Lipinski definition) is 1. The Kier molecular flexibility index (Phi) is 7.14. The van der Waals surface area contributed by atoms with E-state index < -0.39 is 17.5 Å². The van der Waals surface area contributed by atoms with Gasteiger partial charge in [0.1, 0.15) is 22.4 Å². The maximum atomic E-state index is 13.8. The molecule has 1 fully saturated rings.